The number of aliphatic hydroxyl groups excluding tert-OH is 1. The summed E-state index contributed by atoms with van der Waals surface area (Å²) in [4.78, 5) is 48.9. The summed E-state index contributed by atoms with van der Waals surface area (Å²) in [6, 6.07) is 34.7. The highest BCUT2D eigenvalue weighted by Gasteiger charge is 2.40. The molecule has 0 aliphatic carbocycles. The predicted octanol–water partition coefficient (Wildman–Crippen LogP) is 7.11. The van der Waals surface area contributed by atoms with Gasteiger partial charge >= 0.3 is 0 Å². The van der Waals surface area contributed by atoms with Gasteiger partial charge in [0.25, 0.3) is 5.91 Å². The first-order valence-electron chi connectivity index (χ1n) is 23.6. The molecule has 13 nitrogen and oxygen atoms in total. The van der Waals surface area contributed by atoms with Gasteiger partial charge in [0, 0.05) is 74.0 Å². The Labute approximate surface area is 386 Å². The average Bonchev–Trinajstić information content (AvgIpc) is 3.86. The number of unbranched alkanes of at least 4 members (excludes halogenated alkanes) is 4. The molecule has 0 bridgehead atoms. The number of nitrogens with one attached hydrogen (secondary N) is 2. The van der Waals surface area contributed by atoms with Gasteiger partial charge in [-0.15, -0.1) is 0 Å². The third-order valence-electron chi connectivity index (χ3n) is 13.2. The number of anilines is 1. The summed E-state index contributed by atoms with van der Waals surface area (Å²) in [7, 11) is 0. The maximum Gasteiger partial charge on any atom is 0.255 e. The second-order valence-electron chi connectivity index (χ2n) is 17.8. The first-order valence-corrected chi connectivity index (χ1v) is 23.6. The lowest BCUT2D eigenvalue weighted by Crippen LogP contribution is -2.52. The van der Waals surface area contributed by atoms with Crippen molar-refractivity contribution < 1.29 is 24.2 Å². The molecule has 3 aliphatic rings. The Kier molecular flexibility index (Phi) is 14.1. The number of benzene rings is 4. The molecule has 3 amide bonds. The predicted molar refractivity (Wildman–Crippen MR) is 256 cm³/mol. The number of aliphatic hydroxyl groups is 1. The summed E-state index contributed by atoms with van der Waals surface area (Å²) in [6.07, 6.45) is 7.47. The summed E-state index contributed by atoms with van der Waals surface area (Å²) < 4.78 is 8.24. The molecule has 0 spiro atoms. The molecule has 13 heteroatoms. The molecule has 4 aromatic carbocycles. The lowest BCUT2D eigenvalue weighted by Gasteiger charge is -2.35. The third-order valence-corrected chi connectivity index (χ3v) is 13.2. The van der Waals surface area contributed by atoms with E-state index in [1.54, 1.807) is 17.0 Å². The van der Waals surface area contributed by atoms with Crippen molar-refractivity contribution in [3.05, 3.63) is 137 Å². The second kappa shape index (κ2) is 20.8. The van der Waals surface area contributed by atoms with Gasteiger partial charge in [0.2, 0.25) is 11.8 Å². The highest BCUT2D eigenvalue weighted by atomic mass is 16.5. The molecule has 2 aromatic heterocycles. The van der Waals surface area contributed by atoms with Crippen molar-refractivity contribution in [1.29, 1.82) is 0 Å². The zero-order chi connectivity index (χ0) is 45.4. The van der Waals surface area contributed by atoms with Gasteiger partial charge < -0.3 is 25.0 Å². The molecule has 0 saturated carbocycles. The molecule has 342 valence electrons. The van der Waals surface area contributed by atoms with E-state index in [-0.39, 0.29) is 31.4 Å². The van der Waals surface area contributed by atoms with Crippen LogP contribution >= 0.6 is 0 Å². The smallest absolute Gasteiger partial charge is 0.255 e. The molecule has 2 fully saturated rings. The van der Waals surface area contributed by atoms with E-state index in [9.17, 15) is 19.5 Å². The fourth-order valence-electron chi connectivity index (χ4n) is 9.60. The number of aryl methyl sites for hydroxylation is 2. The van der Waals surface area contributed by atoms with Crippen LogP contribution in [0.5, 0.6) is 5.75 Å². The number of amides is 3. The zero-order valence-electron chi connectivity index (χ0n) is 37.9. The van der Waals surface area contributed by atoms with Gasteiger partial charge in [0.1, 0.15) is 24.2 Å². The molecule has 66 heavy (non-hydrogen) atoms. The summed E-state index contributed by atoms with van der Waals surface area (Å²) in [6.45, 7) is 8.90. The molecule has 6 aromatic rings. The maximum atomic E-state index is 13.2. The number of hydrogen-bond donors (Lipinski definition) is 3. The van der Waals surface area contributed by atoms with Crippen molar-refractivity contribution in [1.82, 2.24) is 35.0 Å². The van der Waals surface area contributed by atoms with Crippen LogP contribution in [-0.2, 0) is 35.7 Å². The van der Waals surface area contributed by atoms with E-state index in [4.69, 9.17) is 14.8 Å². The number of imide groups is 1. The summed E-state index contributed by atoms with van der Waals surface area (Å²) >= 11 is 0. The average molecular weight is 889 g/mol. The number of carbonyl (C=O) groups is 3. The Morgan fingerprint density at radius 1 is 0.803 bits per heavy atom. The van der Waals surface area contributed by atoms with Crippen LogP contribution in [0.3, 0.4) is 0 Å². The minimum absolute atomic E-state index is 0.179. The molecule has 3 N–H and O–H groups in total. The zero-order valence-corrected chi connectivity index (χ0v) is 37.9. The molecular formula is C53H60N8O5. The van der Waals surface area contributed by atoms with Crippen molar-refractivity contribution >= 4 is 29.2 Å². The van der Waals surface area contributed by atoms with E-state index in [2.05, 4.69) is 106 Å². The summed E-state index contributed by atoms with van der Waals surface area (Å²) in [5.41, 5.74) is 11.0. The first kappa shape index (κ1) is 44.8. The Morgan fingerprint density at radius 2 is 1.56 bits per heavy atom. The Morgan fingerprint density at radius 3 is 2.36 bits per heavy atom. The van der Waals surface area contributed by atoms with Gasteiger partial charge in [0.15, 0.2) is 5.65 Å². The lowest BCUT2D eigenvalue weighted by atomic mass is 10.0. The summed E-state index contributed by atoms with van der Waals surface area (Å²) in [5, 5.41) is 20.5. The molecule has 1 unspecified atom stereocenters. The van der Waals surface area contributed by atoms with Crippen LogP contribution in [0.4, 0.5) is 5.82 Å². The van der Waals surface area contributed by atoms with Gasteiger partial charge in [-0.2, -0.15) is 9.61 Å². The number of piperidine rings is 1. The van der Waals surface area contributed by atoms with E-state index >= 15 is 0 Å². The molecule has 9 rings (SSSR count). The van der Waals surface area contributed by atoms with Gasteiger partial charge in [-0.25, -0.2) is 4.98 Å². The molecule has 2 saturated heterocycles. The third kappa shape index (κ3) is 10.2. The van der Waals surface area contributed by atoms with E-state index in [0.717, 1.165) is 109 Å². The van der Waals surface area contributed by atoms with Crippen LogP contribution in [0.1, 0.15) is 83.3 Å². The molecule has 0 radical (unpaired) electrons. The monoisotopic (exact) mass is 888 g/mol. The van der Waals surface area contributed by atoms with Crippen molar-refractivity contribution in [3.8, 4) is 28.1 Å². The molecular weight excluding hydrogens is 829 g/mol. The van der Waals surface area contributed by atoms with E-state index in [0.29, 0.717) is 30.9 Å². The number of hydrogen-bond acceptors (Lipinski definition) is 10. The summed E-state index contributed by atoms with van der Waals surface area (Å²) in [5.74, 6) is 0.770. The number of piperazine rings is 1. The fourth-order valence-corrected chi connectivity index (χ4v) is 9.60. The van der Waals surface area contributed by atoms with Crippen molar-refractivity contribution in [3.63, 3.8) is 0 Å². The van der Waals surface area contributed by atoms with Crippen LogP contribution < -0.4 is 20.3 Å². The molecule has 5 heterocycles. The molecule has 3 aliphatic heterocycles. The number of aromatic nitrogens is 3. The Bertz CT molecular complexity index is 2660. The number of rotatable bonds is 19. The number of ether oxygens (including phenoxy) is 1. The van der Waals surface area contributed by atoms with Crippen molar-refractivity contribution in [2.24, 2.45) is 0 Å². The second-order valence-corrected chi connectivity index (χ2v) is 17.8. The normalized spacial score (nSPS) is 16.6. The number of nitrogens with zero attached hydrogens (tertiary/aromatic N) is 6. The van der Waals surface area contributed by atoms with Crippen LogP contribution in [-0.4, -0.2) is 99.1 Å². The fraction of sp³-hybridized carbons (Fsp3) is 0.377. The highest BCUT2D eigenvalue weighted by Crippen LogP contribution is 2.35. The van der Waals surface area contributed by atoms with Crippen LogP contribution in [0.15, 0.2) is 103 Å². The topological polar surface area (TPSA) is 145 Å². The van der Waals surface area contributed by atoms with Gasteiger partial charge in [-0.05, 0) is 79.6 Å². The minimum Gasteiger partial charge on any atom is -0.489 e. The lowest BCUT2D eigenvalue weighted by molar-refractivity contribution is -0.136. The molecule has 1 atom stereocenters. The van der Waals surface area contributed by atoms with Crippen molar-refractivity contribution in [2.45, 2.75) is 84.0 Å². The van der Waals surface area contributed by atoms with Crippen LogP contribution in [0, 0.1) is 6.92 Å². The number of β-amino-alcohol motifs (C(OH)–C–C–N with tert-alkyl or cyclic N) is 1. The number of fused-ring (bicyclic) bond motifs is 2. The SMILES string of the molecule is Cc1nn2c(N3CCN(CCO)CC3)cc(-c3cccc(CCCCCCCNCc4ccc(COc5cccc6c5CN(C5CCC(=O)NC5=O)C6=O)cc4)c3)nc2c1-c1ccccc1. The van der Waals surface area contributed by atoms with Crippen LogP contribution in [0.25, 0.3) is 28.0 Å². The highest BCUT2D eigenvalue weighted by molar-refractivity contribution is 6.05. The van der Waals surface area contributed by atoms with Crippen molar-refractivity contribution in [2.75, 3.05) is 50.8 Å². The quantitative estimate of drug-likeness (QED) is 0.0569. The van der Waals surface area contributed by atoms with E-state index in [1.165, 1.54) is 30.4 Å². The van der Waals surface area contributed by atoms with Crippen LogP contribution in [0.2, 0.25) is 0 Å². The standard InChI is InChI=1S/C53H60N8O5/c1-37-50(41-14-7-5-8-15-41)51-55-45(33-49(61(51)57-37)59-28-26-58(27-29-59)30-31-62)42-16-10-13-38(32-42)12-6-3-2-4-9-25-54-34-39-19-21-40(22-20-39)36-66-47-18-11-17-43-44(47)35-60(53(43)65)46-23-24-48(63)56-52(46)64/h5,7-8,10-11,13-22,32-33,46,54,62H,2-4,6,9,12,23-31,34-36H2,1H3,(H,56,63,64). The Hall–Kier alpha value is -6.41. The van der Waals surface area contributed by atoms with Gasteiger partial charge in [-0.1, -0.05) is 98.1 Å². The van der Waals surface area contributed by atoms with Gasteiger partial charge in [-0.3, -0.25) is 24.6 Å². The van der Waals surface area contributed by atoms with E-state index in [1.807, 2.05) is 16.6 Å². The largest absolute Gasteiger partial charge is 0.489 e. The minimum atomic E-state index is -0.654. The first-order chi connectivity index (χ1) is 32.3. The van der Waals surface area contributed by atoms with E-state index < -0.39 is 11.9 Å². The van der Waals surface area contributed by atoms with Gasteiger partial charge in [0.05, 0.1) is 24.5 Å². The number of carbonyl (C=O) groups excluding carboxylic acids is 3. The maximum absolute atomic E-state index is 13.2. The Balaban J connectivity index is 0.719.